The molecule has 236 valence electrons. The van der Waals surface area contributed by atoms with Crippen LogP contribution < -0.4 is 21.3 Å². The highest BCUT2D eigenvalue weighted by atomic mass is 19.4. The Morgan fingerprint density at radius 2 is 1.93 bits per heavy atom. The summed E-state index contributed by atoms with van der Waals surface area (Å²) in [7, 11) is 0. The van der Waals surface area contributed by atoms with Crippen LogP contribution in [0.25, 0.3) is 16.6 Å². The first-order chi connectivity index (χ1) is 21.3. The summed E-state index contributed by atoms with van der Waals surface area (Å²) in [5.74, 6) is -1.43. The Labute approximate surface area is 255 Å². The number of anilines is 2. The zero-order chi connectivity index (χ0) is 32.4. The Morgan fingerprint density at radius 1 is 1.18 bits per heavy atom. The highest BCUT2D eigenvalue weighted by Gasteiger charge is 2.41. The molecule has 3 aromatic rings. The maximum Gasteiger partial charge on any atom is 0.431 e. The van der Waals surface area contributed by atoms with Crippen molar-refractivity contribution in [3.05, 3.63) is 92.7 Å². The van der Waals surface area contributed by atoms with Gasteiger partial charge in [-0.15, -0.1) is 0 Å². The SMILES string of the molecule is C=CC(=O)N1CCN2c3c(c(=O)n(-c4c(C)ccnc4C(C)C)c4c(=O)n(C5C=CC=C5F)c(C(F)(F)F)cc34)NCCC2C1. The molecule has 3 aliphatic rings. The van der Waals surface area contributed by atoms with Gasteiger partial charge in [-0.25, -0.2) is 4.39 Å². The van der Waals surface area contributed by atoms with Crippen molar-refractivity contribution in [2.24, 2.45) is 0 Å². The molecular formula is C32H32F4N6O3. The van der Waals surface area contributed by atoms with E-state index >= 15 is 0 Å². The molecule has 3 aromatic heterocycles. The predicted molar refractivity (Wildman–Crippen MR) is 164 cm³/mol. The second kappa shape index (κ2) is 11.0. The molecule has 0 bridgehead atoms. The summed E-state index contributed by atoms with van der Waals surface area (Å²) in [6.07, 6.45) is 1.63. The molecule has 2 unspecified atom stereocenters. The van der Waals surface area contributed by atoms with E-state index < -0.39 is 34.9 Å². The molecule has 2 atom stereocenters. The van der Waals surface area contributed by atoms with E-state index in [0.29, 0.717) is 28.8 Å². The van der Waals surface area contributed by atoms with E-state index in [4.69, 9.17) is 0 Å². The normalized spacial score (nSPS) is 19.7. The predicted octanol–water partition coefficient (Wildman–Crippen LogP) is 4.98. The lowest BCUT2D eigenvalue weighted by Crippen LogP contribution is -2.54. The zero-order valence-electron chi connectivity index (χ0n) is 25.0. The first-order valence-electron chi connectivity index (χ1n) is 14.7. The smallest absolute Gasteiger partial charge is 0.379 e. The Morgan fingerprint density at radius 3 is 2.58 bits per heavy atom. The van der Waals surface area contributed by atoms with Crippen LogP contribution in [0.4, 0.5) is 28.9 Å². The lowest BCUT2D eigenvalue weighted by atomic mass is 10.0. The van der Waals surface area contributed by atoms with Gasteiger partial charge in [-0.1, -0.05) is 32.6 Å². The molecule has 45 heavy (non-hydrogen) atoms. The van der Waals surface area contributed by atoms with Crippen LogP contribution in [0.3, 0.4) is 0 Å². The number of hydrogen-bond donors (Lipinski definition) is 1. The van der Waals surface area contributed by atoms with Gasteiger partial charge in [-0.05, 0) is 49.1 Å². The number of alkyl halides is 3. The first kappa shape index (κ1) is 30.4. The van der Waals surface area contributed by atoms with E-state index in [1.165, 1.54) is 18.2 Å². The minimum absolute atomic E-state index is 0.0450. The number of nitrogens with zero attached hydrogens (tertiary/aromatic N) is 5. The Balaban J connectivity index is 1.78. The molecule has 13 heteroatoms. The maximum atomic E-state index is 15.0. The molecule has 9 nitrogen and oxygen atoms in total. The van der Waals surface area contributed by atoms with Crippen molar-refractivity contribution >= 4 is 28.2 Å². The van der Waals surface area contributed by atoms with Crippen LogP contribution in [-0.4, -0.2) is 57.1 Å². The zero-order valence-corrected chi connectivity index (χ0v) is 25.0. The van der Waals surface area contributed by atoms with Crippen LogP contribution in [-0.2, 0) is 11.0 Å². The van der Waals surface area contributed by atoms with E-state index in [-0.39, 0.29) is 65.5 Å². The average molecular weight is 625 g/mol. The second-order valence-electron chi connectivity index (χ2n) is 11.8. The monoisotopic (exact) mass is 624 g/mol. The number of fused-ring (bicyclic) bond motifs is 5. The summed E-state index contributed by atoms with van der Waals surface area (Å²) in [6.45, 7) is 9.99. The van der Waals surface area contributed by atoms with Gasteiger partial charge in [0.15, 0.2) is 0 Å². The molecule has 0 aromatic carbocycles. The molecule has 1 aliphatic carbocycles. The third-order valence-corrected chi connectivity index (χ3v) is 8.71. The third kappa shape index (κ3) is 4.84. The van der Waals surface area contributed by atoms with Gasteiger partial charge < -0.3 is 15.1 Å². The van der Waals surface area contributed by atoms with Crippen molar-refractivity contribution < 1.29 is 22.4 Å². The van der Waals surface area contributed by atoms with Crippen LogP contribution in [0, 0.1) is 6.92 Å². The van der Waals surface area contributed by atoms with Crippen molar-refractivity contribution in [3.63, 3.8) is 0 Å². The number of halogens is 4. The minimum atomic E-state index is -5.04. The van der Waals surface area contributed by atoms with Crippen LogP contribution in [0.2, 0.25) is 0 Å². The number of carbonyl (C=O) groups excluding carboxylic acids is 1. The van der Waals surface area contributed by atoms with E-state index in [1.807, 2.05) is 18.7 Å². The summed E-state index contributed by atoms with van der Waals surface area (Å²) < 4.78 is 60.9. The largest absolute Gasteiger partial charge is 0.431 e. The Bertz CT molecular complexity index is 1920. The lowest BCUT2D eigenvalue weighted by molar-refractivity contribution is -0.144. The Kier molecular flexibility index (Phi) is 7.45. The van der Waals surface area contributed by atoms with Gasteiger partial charge in [0.1, 0.15) is 28.8 Å². The standard InChI is InChI=1S/C32H32F4N6O3/c1-5-24(43)39-13-14-40-19(16-39)10-12-38-26-28(40)20-15-23(32(34,35)36)41(22-8-6-7-21(22)33)31(45)29(20)42(30(26)44)27-18(4)9-11-37-25(27)17(2)3/h5-9,11,15,17,19,22,38H,1,10,12-14,16H2,2-4H3. The lowest BCUT2D eigenvalue weighted by Gasteiger charge is -2.42. The maximum absolute atomic E-state index is 15.0. The highest BCUT2D eigenvalue weighted by molar-refractivity contribution is 6.00. The van der Waals surface area contributed by atoms with Gasteiger partial charge >= 0.3 is 6.18 Å². The van der Waals surface area contributed by atoms with E-state index in [1.54, 1.807) is 24.1 Å². The summed E-state index contributed by atoms with van der Waals surface area (Å²) in [5.41, 5.74) is -1.93. The number of rotatable bonds is 4. The minimum Gasteiger partial charge on any atom is -0.379 e. The summed E-state index contributed by atoms with van der Waals surface area (Å²) in [6, 6.07) is 0.502. The highest BCUT2D eigenvalue weighted by Crippen LogP contribution is 2.42. The topological polar surface area (TPSA) is 92.5 Å². The number of carbonyl (C=O) groups is 1. The van der Waals surface area contributed by atoms with Crippen LogP contribution in [0.15, 0.2) is 64.6 Å². The number of aromatic nitrogens is 3. The van der Waals surface area contributed by atoms with Crippen molar-refractivity contribution in [2.75, 3.05) is 36.4 Å². The van der Waals surface area contributed by atoms with Crippen LogP contribution in [0.1, 0.15) is 49.2 Å². The van der Waals surface area contributed by atoms with Gasteiger partial charge in [0, 0.05) is 43.8 Å². The molecular weight excluding hydrogens is 592 g/mol. The number of nitrogens with one attached hydrogen (secondary N) is 1. The van der Waals surface area contributed by atoms with Crippen molar-refractivity contribution in [1.29, 1.82) is 0 Å². The number of allylic oxidation sites excluding steroid dienone is 4. The number of piperazine rings is 1. The fourth-order valence-electron chi connectivity index (χ4n) is 6.65. The molecule has 0 saturated carbocycles. The Hall–Kier alpha value is -4.68. The van der Waals surface area contributed by atoms with Gasteiger partial charge in [0.2, 0.25) is 5.91 Å². The van der Waals surface area contributed by atoms with Gasteiger partial charge in [0.25, 0.3) is 11.1 Å². The van der Waals surface area contributed by atoms with Crippen LogP contribution >= 0.6 is 0 Å². The van der Waals surface area contributed by atoms with Crippen molar-refractivity contribution in [2.45, 2.75) is 51.4 Å². The molecule has 2 aliphatic heterocycles. The number of aryl methyl sites for hydroxylation is 1. The molecule has 0 radical (unpaired) electrons. The van der Waals surface area contributed by atoms with Gasteiger partial charge in [-0.2, -0.15) is 13.2 Å². The molecule has 1 amide bonds. The first-order valence-corrected chi connectivity index (χ1v) is 14.7. The van der Waals surface area contributed by atoms with E-state index in [2.05, 4.69) is 16.9 Å². The molecule has 1 N–H and O–H groups in total. The quantitative estimate of drug-likeness (QED) is 0.325. The molecule has 1 fully saturated rings. The van der Waals surface area contributed by atoms with Crippen molar-refractivity contribution in [1.82, 2.24) is 19.0 Å². The number of pyridine rings is 3. The van der Waals surface area contributed by atoms with Gasteiger partial charge in [-0.3, -0.25) is 28.5 Å². The molecule has 6 rings (SSSR count). The second-order valence-corrected chi connectivity index (χ2v) is 11.8. The van der Waals surface area contributed by atoms with E-state index in [9.17, 15) is 31.9 Å². The van der Waals surface area contributed by atoms with E-state index in [0.717, 1.165) is 16.7 Å². The third-order valence-electron chi connectivity index (χ3n) is 8.71. The summed E-state index contributed by atoms with van der Waals surface area (Å²) >= 11 is 0. The number of hydrogen-bond acceptors (Lipinski definition) is 6. The molecule has 5 heterocycles. The molecule has 1 saturated heterocycles. The van der Waals surface area contributed by atoms with Gasteiger partial charge in [0.05, 0.1) is 17.1 Å². The fourth-order valence-corrected chi connectivity index (χ4v) is 6.65. The van der Waals surface area contributed by atoms with Crippen LogP contribution in [0.5, 0.6) is 0 Å². The summed E-state index contributed by atoms with van der Waals surface area (Å²) in [5, 5.41) is 3.04. The number of amides is 1. The average Bonchev–Trinajstić information content (AvgIpc) is 3.31. The molecule has 0 spiro atoms. The summed E-state index contributed by atoms with van der Waals surface area (Å²) in [4.78, 5) is 49.5. The fraction of sp³-hybridized carbons (Fsp3) is 0.375. The van der Waals surface area contributed by atoms with Crippen molar-refractivity contribution in [3.8, 4) is 5.69 Å².